The molecule has 0 aliphatic carbocycles. The van der Waals surface area contributed by atoms with E-state index in [2.05, 4.69) is 0 Å². The molecule has 5 nitrogen and oxygen atoms in total. The van der Waals surface area contributed by atoms with Crippen LogP contribution >= 0.6 is 0 Å². The Labute approximate surface area is 113 Å². The van der Waals surface area contributed by atoms with Gasteiger partial charge in [0.1, 0.15) is 0 Å². The molecule has 2 heterocycles. The summed E-state index contributed by atoms with van der Waals surface area (Å²) >= 11 is 0. The highest BCUT2D eigenvalue weighted by Crippen LogP contribution is 2.21. The number of carbonyl (C=O) groups is 1. The van der Waals surface area contributed by atoms with Crippen molar-refractivity contribution in [1.29, 1.82) is 0 Å². The van der Waals surface area contributed by atoms with Gasteiger partial charge in [0.15, 0.2) is 5.78 Å². The molecule has 1 aromatic rings. The van der Waals surface area contributed by atoms with Crippen LogP contribution in [0.3, 0.4) is 0 Å². The van der Waals surface area contributed by atoms with Crippen molar-refractivity contribution in [3.63, 3.8) is 0 Å². The van der Waals surface area contributed by atoms with Crippen molar-refractivity contribution in [3.8, 4) is 0 Å². The van der Waals surface area contributed by atoms with Crippen molar-refractivity contribution in [3.05, 3.63) is 24.0 Å². The van der Waals surface area contributed by atoms with Crippen LogP contribution in [0.2, 0.25) is 0 Å². The summed E-state index contributed by atoms with van der Waals surface area (Å²) in [4.78, 5) is 13.9. The molecule has 0 amide bonds. The zero-order valence-electron chi connectivity index (χ0n) is 11.6. The SMILES string of the molecule is CN(CC(=O)c1ccn(C)c1)CC1(O)CCOCC1. The first-order valence-electron chi connectivity index (χ1n) is 6.62. The van der Waals surface area contributed by atoms with E-state index in [-0.39, 0.29) is 5.78 Å². The minimum absolute atomic E-state index is 0.0822. The first-order valence-corrected chi connectivity index (χ1v) is 6.62. The second kappa shape index (κ2) is 5.86. The summed E-state index contributed by atoms with van der Waals surface area (Å²) in [5, 5.41) is 10.4. The first-order chi connectivity index (χ1) is 8.98. The molecule has 0 saturated carbocycles. The number of hydrogen-bond acceptors (Lipinski definition) is 4. The van der Waals surface area contributed by atoms with Gasteiger partial charge in [-0.15, -0.1) is 0 Å². The van der Waals surface area contributed by atoms with E-state index in [1.807, 2.05) is 42.0 Å². The Morgan fingerprint density at radius 3 is 2.79 bits per heavy atom. The number of Topliss-reactive ketones (excluding diaryl/α,β-unsaturated/α-hetero) is 1. The third-order valence-corrected chi connectivity index (χ3v) is 3.56. The van der Waals surface area contributed by atoms with Crippen LogP contribution in [0, 0.1) is 0 Å². The topological polar surface area (TPSA) is 54.7 Å². The number of rotatable bonds is 5. The molecule has 0 spiro atoms. The summed E-state index contributed by atoms with van der Waals surface area (Å²) in [6.07, 6.45) is 4.95. The highest BCUT2D eigenvalue weighted by molar-refractivity contribution is 5.97. The lowest BCUT2D eigenvalue weighted by Crippen LogP contribution is -2.46. The lowest BCUT2D eigenvalue weighted by molar-refractivity contribution is -0.0758. The molecule has 5 heteroatoms. The standard InChI is InChI=1S/C14H22N2O3/c1-15-6-3-12(9-15)13(17)10-16(2)11-14(18)4-7-19-8-5-14/h3,6,9,18H,4-5,7-8,10-11H2,1-2H3. The predicted octanol–water partition coefficient (Wildman–Crippen LogP) is 0.681. The zero-order chi connectivity index (χ0) is 13.9. The Kier molecular flexibility index (Phi) is 4.39. The third kappa shape index (κ3) is 3.89. The van der Waals surface area contributed by atoms with E-state index in [4.69, 9.17) is 4.74 Å². The fraction of sp³-hybridized carbons (Fsp3) is 0.643. The third-order valence-electron chi connectivity index (χ3n) is 3.56. The van der Waals surface area contributed by atoms with Crippen LogP contribution in [0.4, 0.5) is 0 Å². The van der Waals surface area contributed by atoms with Gasteiger partial charge in [0.25, 0.3) is 0 Å². The molecule has 0 bridgehead atoms. The van der Waals surface area contributed by atoms with Gasteiger partial charge in [-0.2, -0.15) is 0 Å². The van der Waals surface area contributed by atoms with Crippen LogP contribution in [-0.4, -0.2) is 59.3 Å². The Bertz CT molecular complexity index is 436. The van der Waals surface area contributed by atoms with E-state index >= 15 is 0 Å². The second-order valence-electron chi connectivity index (χ2n) is 5.50. The van der Waals surface area contributed by atoms with Crippen LogP contribution < -0.4 is 0 Å². The summed E-state index contributed by atoms with van der Waals surface area (Å²) in [7, 11) is 3.76. The maximum Gasteiger partial charge on any atom is 0.178 e. The molecular formula is C14H22N2O3. The van der Waals surface area contributed by atoms with Gasteiger partial charge in [0.05, 0.1) is 12.1 Å². The van der Waals surface area contributed by atoms with Crippen molar-refractivity contribution in [1.82, 2.24) is 9.47 Å². The molecule has 1 aliphatic heterocycles. The van der Waals surface area contributed by atoms with Crippen molar-refractivity contribution < 1.29 is 14.6 Å². The number of carbonyl (C=O) groups excluding carboxylic acids is 1. The Morgan fingerprint density at radius 2 is 2.21 bits per heavy atom. The van der Waals surface area contributed by atoms with Gasteiger partial charge in [0, 0.05) is 57.6 Å². The van der Waals surface area contributed by atoms with Gasteiger partial charge in [-0.1, -0.05) is 0 Å². The van der Waals surface area contributed by atoms with E-state index < -0.39 is 5.60 Å². The maximum absolute atomic E-state index is 12.1. The fourth-order valence-corrected chi connectivity index (χ4v) is 2.47. The molecule has 1 aromatic heterocycles. The van der Waals surface area contributed by atoms with Crippen molar-refractivity contribution in [2.24, 2.45) is 7.05 Å². The van der Waals surface area contributed by atoms with Gasteiger partial charge in [-0.3, -0.25) is 9.69 Å². The van der Waals surface area contributed by atoms with Gasteiger partial charge >= 0.3 is 0 Å². The monoisotopic (exact) mass is 266 g/mol. The van der Waals surface area contributed by atoms with Gasteiger partial charge in [-0.25, -0.2) is 0 Å². The molecule has 1 aliphatic rings. The highest BCUT2D eigenvalue weighted by atomic mass is 16.5. The van der Waals surface area contributed by atoms with Gasteiger partial charge in [0.2, 0.25) is 0 Å². The minimum atomic E-state index is -0.718. The Morgan fingerprint density at radius 1 is 1.53 bits per heavy atom. The molecule has 0 unspecified atom stereocenters. The van der Waals surface area contributed by atoms with Crippen LogP contribution in [0.1, 0.15) is 23.2 Å². The molecule has 1 fully saturated rings. The number of nitrogens with zero attached hydrogens (tertiary/aromatic N) is 2. The number of ketones is 1. The smallest absolute Gasteiger partial charge is 0.178 e. The molecular weight excluding hydrogens is 244 g/mol. The molecule has 1 saturated heterocycles. The number of hydrogen-bond donors (Lipinski definition) is 1. The van der Waals surface area contributed by atoms with Crippen LogP contribution in [-0.2, 0) is 11.8 Å². The van der Waals surface area contributed by atoms with Crippen molar-refractivity contribution in [2.45, 2.75) is 18.4 Å². The van der Waals surface area contributed by atoms with E-state index in [0.717, 1.165) is 0 Å². The largest absolute Gasteiger partial charge is 0.388 e. The van der Waals surface area contributed by atoms with E-state index in [0.29, 0.717) is 44.7 Å². The van der Waals surface area contributed by atoms with Crippen LogP contribution in [0.15, 0.2) is 18.5 Å². The lowest BCUT2D eigenvalue weighted by atomic mass is 9.94. The number of likely N-dealkylation sites (N-methyl/N-ethyl adjacent to an activating group) is 1. The Hall–Kier alpha value is -1.17. The van der Waals surface area contributed by atoms with Crippen LogP contribution in [0.5, 0.6) is 0 Å². The lowest BCUT2D eigenvalue weighted by Gasteiger charge is -2.35. The summed E-state index contributed by atoms with van der Waals surface area (Å²) in [6.45, 7) is 2.02. The van der Waals surface area contributed by atoms with Gasteiger partial charge < -0.3 is 14.4 Å². The highest BCUT2D eigenvalue weighted by Gasteiger charge is 2.31. The zero-order valence-corrected chi connectivity index (χ0v) is 11.6. The number of ether oxygens (including phenoxy) is 1. The normalized spacial score (nSPS) is 18.7. The summed E-state index contributed by atoms with van der Waals surface area (Å²) in [6, 6.07) is 1.82. The van der Waals surface area contributed by atoms with Crippen LogP contribution in [0.25, 0.3) is 0 Å². The molecule has 0 atom stereocenters. The minimum Gasteiger partial charge on any atom is -0.388 e. The average Bonchev–Trinajstić information content (AvgIpc) is 2.76. The average molecular weight is 266 g/mol. The molecule has 2 rings (SSSR count). The second-order valence-corrected chi connectivity index (χ2v) is 5.50. The first kappa shape index (κ1) is 14.2. The molecule has 0 radical (unpaired) electrons. The maximum atomic E-state index is 12.1. The van der Waals surface area contributed by atoms with Crippen molar-refractivity contribution >= 4 is 5.78 Å². The van der Waals surface area contributed by atoms with E-state index in [1.165, 1.54) is 0 Å². The van der Waals surface area contributed by atoms with Crippen molar-refractivity contribution in [2.75, 3.05) is 33.4 Å². The fourth-order valence-electron chi connectivity index (χ4n) is 2.47. The Balaban J connectivity index is 1.86. The summed E-state index contributed by atoms with van der Waals surface area (Å²) in [5.74, 6) is 0.0822. The summed E-state index contributed by atoms with van der Waals surface area (Å²) in [5.41, 5.74) is -0.00225. The van der Waals surface area contributed by atoms with E-state index in [9.17, 15) is 9.90 Å². The number of aryl methyl sites for hydroxylation is 1. The summed E-state index contributed by atoms with van der Waals surface area (Å²) < 4.78 is 7.11. The quantitative estimate of drug-likeness (QED) is 0.796. The van der Waals surface area contributed by atoms with Gasteiger partial charge in [-0.05, 0) is 13.1 Å². The molecule has 0 aromatic carbocycles. The molecule has 106 valence electrons. The molecule has 1 N–H and O–H groups in total. The molecule has 19 heavy (non-hydrogen) atoms. The number of aromatic nitrogens is 1. The van der Waals surface area contributed by atoms with E-state index in [1.54, 1.807) is 0 Å². The number of aliphatic hydroxyl groups is 1. The predicted molar refractivity (Wildman–Crippen MR) is 72.2 cm³/mol.